The van der Waals surface area contributed by atoms with Crippen LogP contribution in [-0.4, -0.2) is 23.7 Å². The van der Waals surface area contributed by atoms with Gasteiger partial charge in [-0.1, -0.05) is 146 Å². The predicted octanol–water partition coefficient (Wildman–Crippen LogP) is 17.7. The van der Waals surface area contributed by atoms with Gasteiger partial charge >= 0.3 is 0 Å². The normalized spacial score (nSPS) is 11.8. The highest BCUT2D eigenvalue weighted by Crippen LogP contribution is 2.41. The Balaban J connectivity index is 0.907. The SMILES string of the molecule is Cc1ccccc1-c1cc(-c2c(C)cc(-c3ccc(-n4c5ccc(-n6c7ccccc7c7ccccc76)cc5c5cc(-n6c7ccccc7c7ccccc76)ccc54)cc3)cc2C)nc(-c2ccccc2C)n1. The summed E-state index contributed by atoms with van der Waals surface area (Å²) < 4.78 is 7.28. The van der Waals surface area contributed by atoms with Crippen LogP contribution in [0.3, 0.4) is 0 Å². The predicted molar refractivity (Wildman–Crippen MR) is 306 cm³/mol. The van der Waals surface area contributed by atoms with Gasteiger partial charge in [-0.25, -0.2) is 9.97 Å². The van der Waals surface area contributed by atoms with Crippen LogP contribution in [-0.2, 0) is 0 Å². The van der Waals surface area contributed by atoms with Crippen molar-refractivity contribution in [2.45, 2.75) is 27.7 Å². The molecule has 0 fully saturated rings. The van der Waals surface area contributed by atoms with Gasteiger partial charge in [-0.05, 0) is 140 Å². The Morgan fingerprint density at radius 2 is 0.658 bits per heavy atom. The molecule has 10 aromatic carbocycles. The molecule has 4 aromatic heterocycles. The molecule has 0 aliphatic heterocycles. The second-order valence-electron chi connectivity index (χ2n) is 19.6. The van der Waals surface area contributed by atoms with E-state index in [9.17, 15) is 0 Å². The first kappa shape index (κ1) is 42.5. The molecule has 0 aliphatic rings. The van der Waals surface area contributed by atoms with Crippen molar-refractivity contribution in [3.63, 3.8) is 0 Å². The van der Waals surface area contributed by atoms with Gasteiger partial charge in [-0.3, -0.25) is 0 Å². The van der Waals surface area contributed by atoms with Crippen molar-refractivity contribution in [1.82, 2.24) is 23.7 Å². The minimum Gasteiger partial charge on any atom is -0.309 e. The van der Waals surface area contributed by atoms with E-state index in [1.54, 1.807) is 0 Å². The topological polar surface area (TPSA) is 40.6 Å². The van der Waals surface area contributed by atoms with Crippen molar-refractivity contribution in [3.8, 4) is 62.1 Å². The van der Waals surface area contributed by atoms with E-state index >= 15 is 0 Å². The van der Waals surface area contributed by atoms with Gasteiger partial charge in [0, 0.05) is 66.1 Å². The number of benzene rings is 10. The van der Waals surface area contributed by atoms with Crippen LogP contribution in [0.25, 0.3) is 128 Å². The molecule has 0 radical (unpaired) electrons. The maximum atomic E-state index is 5.28. The van der Waals surface area contributed by atoms with Crippen LogP contribution in [0.5, 0.6) is 0 Å². The minimum absolute atomic E-state index is 0.739. The Bertz CT molecular complexity index is 4180. The number of fused-ring (bicyclic) bond motifs is 9. The Morgan fingerprint density at radius 1 is 0.274 bits per heavy atom. The molecule has 0 N–H and O–H groups in total. The fraction of sp³-hybridized carbons (Fsp3) is 0.0588. The standard InChI is InChI=1S/C68H49N5/c1-42-17-5-7-19-51(42)59-41-60(70-68(69-59)52-20-8-6-18-43(52)2)67-44(3)37-47(38-45(67)4)46-29-31-48(32-30-46)71-65-35-33-49(72-61-25-13-9-21-53(61)54-22-10-14-26-62(54)72)39-57(65)58-40-50(34-36-66(58)71)73-63-27-15-11-23-55(63)56-24-12-16-28-64(56)73/h5-41H,1-4H3. The highest BCUT2D eigenvalue weighted by molar-refractivity contribution is 6.14. The van der Waals surface area contributed by atoms with Gasteiger partial charge in [0.2, 0.25) is 0 Å². The Labute approximate surface area is 423 Å². The molecular formula is C68H49N5. The fourth-order valence-electron chi connectivity index (χ4n) is 11.8. The number of hydrogen-bond acceptors (Lipinski definition) is 2. The summed E-state index contributed by atoms with van der Waals surface area (Å²) in [6.45, 7) is 8.70. The van der Waals surface area contributed by atoms with Crippen LogP contribution >= 0.6 is 0 Å². The highest BCUT2D eigenvalue weighted by atomic mass is 15.0. The first-order valence-electron chi connectivity index (χ1n) is 25.2. The molecule has 14 rings (SSSR count). The van der Waals surface area contributed by atoms with Crippen LogP contribution in [0.1, 0.15) is 22.3 Å². The lowest BCUT2D eigenvalue weighted by Gasteiger charge is -2.16. The first-order chi connectivity index (χ1) is 35.9. The largest absolute Gasteiger partial charge is 0.309 e. The number of aromatic nitrogens is 5. The molecular weight excluding hydrogens is 887 g/mol. The lowest BCUT2D eigenvalue weighted by molar-refractivity contribution is 1.16. The van der Waals surface area contributed by atoms with E-state index in [2.05, 4.69) is 266 Å². The summed E-state index contributed by atoms with van der Waals surface area (Å²) in [7, 11) is 0. The lowest BCUT2D eigenvalue weighted by Crippen LogP contribution is -2.00. The van der Waals surface area contributed by atoms with Gasteiger partial charge < -0.3 is 13.7 Å². The van der Waals surface area contributed by atoms with E-state index < -0.39 is 0 Å². The molecule has 346 valence electrons. The number of para-hydroxylation sites is 4. The van der Waals surface area contributed by atoms with Crippen molar-refractivity contribution in [1.29, 1.82) is 0 Å². The second kappa shape index (κ2) is 16.6. The summed E-state index contributed by atoms with van der Waals surface area (Å²) in [6, 6.07) is 81.8. The van der Waals surface area contributed by atoms with E-state index in [0.29, 0.717) is 0 Å². The van der Waals surface area contributed by atoms with E-state index in [1.165, 1.54) is 76.6 Å². The third-order valence-corrected chi connectivity index (χ3v) is 15.2. The summed E-state index contributed by atoms with van der Waals surface area (Å²) in [5, 5.41) is 7.41. The van der Waals surface area contributed by atoms with E-state index in [0.717, 1.165) is 73.1 Å². The molecule has 0 aliphatic carbocycles. The molecule has 5 heteroatoms. The van der Waals surface area contributed by atoms with E-state index in [1.807, 2.05) is 0 Å². The molecule has 0 spiro atoms. The Hall–Kier alpha value is -9.32. The molecule has 14 aromatic rings. The zero-order valence-electron chi connectivity index (χ0n) is 41.1. The number of rotatable bonds is 7. The van der Waals surface area contributed by atoms with Crippen LogP contribution in [0, 0.1) is 27.7 Å². The molecule has 0 bridgehead atoms. The van der Waals surface area contributed by atoms with Gasteiger partial charge in [0.05, 0.1) is 44.5 Å². The molecule has 5 nitrogen and oxygen atoms in total. The lowest BCUT2D eigenvalue weighted by atomic mass is 9.92. The molecule has 4 heterocycles. The van der Waals surface area contributed by atoms with Crippen LogP contribution in [0.4, 0.5) is 0 Å². The second-order valence-corrected chi connectivity index (χ2v) is 19.6. The van der Waals surface area contributed by atoms with Crippen LogP contribution in [0.2, 0.25) is 0 Å². The zero-order chi connectivity index (χ0) is 48.9. The minimum atomic E-state index is 0.739. The molecule has 73 heavy (non-hydrogen) atoms. The van der Waals surface area contributed by atoms with Gasteiger partial charge in [0.15, 0.2) is 5.82 Å². The summed E-state index contributed by atoms with van der Waals surface area (Å²) in [4.78, 5) is 10.5. The smallest absolute Gasteiger partial charge is 0.160 e. The van der Waals surface area contributed by atoms with Gasteiger partial charge in [-0.15, -0.1) is 0 Å². The monoisotopic (exact) mass is 935 g/mol. The van der Waals surface area contributed by atoms with Crippen LogP contribution in [0.15, 0.2) is 224 Å². The Kier molecular flexibility index (Phi) is 9.70. The summed E-state index contributed by atoms with van der Waals surface area (Å²) in [5.41, 5.74) is 22.6. The van der Waals surface area contributed by atoms with Crippen LogP contribution < -0.4 is 0 Å². The number of aryl methyl sites for hydroxylation is 4. The first-order valence-corrected chi connectivity index (χ1v) is 25.2. The average molecular weight is 936 g/mol. The maximum Gasteiger partial charge on any atom is 0.160 e. The summed E-state index contributed by atoms with van der Waals surface area (Å²) in [5.74, 6) is 0.739. The van der Waals surface area contributed by atoms with Crippen molar-refractivity contribution in [3.05, 3.63) is 247 Å². The maximum absolute atomic E-state index is 5.28. The summed E-state index contributed by atoms with van der Waals surface area (Å²) >= 11 is 0. The third-order valence-electron chi connectivity index (χ3n) is 15.2. The zero-order valence-corrected chi connectivity index (χ0v) is 41.1. The van der Waals surface area contributed by atoms with E-state index in [-0.39, 0.29) is 0 Å². The number of hydrogen-bond donors (Lipinski definition) is 0. The highest BCUT2D eigenvalue weighted by Gasteiger charge is 2.21. The molecule has 0 amide bonds. The van der Waals surface area contributed by atoms with Crippen molar-refractivity contribution in [2.24, 2.45) is 0 Å². The molecule has 0 saturated carbocycles. The fourth-order valence-corrected chi connectivity index (χ4v) is 11.8. The molecule has 0 atom stereocenters. The van der Waals surface area contributed by atoms with Gasteiger partial charge in [0.1, 0.15) is 0 Å². The van der Waals surface area contributed by atoms with Crippen molar-refractivity contribution >= 4 is 65.4 Å². The quantitative estimate of drug-likeness (QED) is 0.160. The van der Waals surface area contributed by atoms with E-state index in [4.69, 9.17) is 9.97 Å². The molecule has 0 saturated heterocycles. The average Bonchev–Trinajstić information content (AvgIpc) is 4.06. The summed E-state index contributed by atoms with van der Waals surface area (Å²) in [6.07, 6.45) is 0. The van der Waals surface area contributed by atoms with Gasteiger partial charge in [0.25, 0.3) is 0 Å². The van der Waals surface area contributed by atoms with Gasteiger partial charge in [-0.2, -0.15) is 0 Å². The Morgan fingerprint density at radius 3 is 1.14 bits per heavy atom. The van der Waals surface area contributed by atoms with Crippen molar-refractivity contribution in [2.75, 3.05) is 0 Å². The third kappa shape index (κ3) is 6.77. The number of nitrogens with zero attached hydrogens (tertiary/aromatic N) is 5. The van der Waals surface area contributed by atoms with Crippen molar-refractivity contribution < 1.29 is 0 Å². The molecule has 0 unspecified atom stereocenters.